The Morgan fingerprint density at radius 3 is 2.70 bits per heavy atom. The van der Waals surface area contributed by atoms with Crippen molar-refractivity contribution in [1.29, 1.82) is 0 Å². The molecule has 0 bridgehead atoms. The molecule has 0 radical (unpaired) electrons. The molecule has 20 heavy (non-hydrogen) atoms. The molecule has 1 heterocycles. The van der Waals surface area contributed by atoms with Gasteiger partial charge >= 0.3 is 0 Å². The van der Waals surface area contributed by atoms with Gasteiger partial charge in [-0.2, -0.15) is 0 Å². The van der Waals surface area contributed by atoms with Crippen LogP contribution in [-0.2, 0) is 7.05 Å². The smallest absolute Gasteiger partial charge is 0.251 e. The number of nitrogens with zero attached hydrogens (tertiary/aromatic N) is 1. The Morgan fingerprint density at radius 1 is 1.35 bits per heavy atom. The molecule has 2 rings (SSSR count). The monoisotopic (exact) mass is 272 g/mol. The summed E-state index contributed by atoms with van der Waals surface area (Å²) in [5.41, 5.74) is 3.50. The quantitative estimate of drug-likeness (QED) is 0.895. The second-order valence-electron chi connectivity index (χ2n) is 5.09. The first-order chi connectivity index (χ1) is 9.49. The summed E-state index contributed by atoms with van der Waals surface area (Å²) in [7, 11) is 1.87. The molecule has 0 aliphatic heterocycles. The molecule has 1 unspecified atom stereocenters. The van der Waals surface area contributed by atoms with Gasteiger partial charge in [0.05, 0.1) is 0 Å². The molecule has 0 fully saturated rings. The Morgan fingerprint density at radius 2 is 2.10 bits per heavy atom. The second-order valence-corrected chi connectivity index (χ2v) is 5.09. The number of nitrogens with one attached hydrogen (secondary N) is 1. The summed E-state index contributed by atoms with van der Waals surface area (Å²) in [5, 5.41) is 12.8. The summed E-state index contributed by atoms with van der Waals surface area (Å²) in [6, 6.07) is 9.41. The molecule has 0 spiro atoms. The number of aliphatic hydroxyl groups is 1. The zero-order chi connectivity index (χ0) is 14.7. The van der Waals surface area contributed by atoms with Gasteiger partial charge < -0.3 is 15.0 Å². The Balaban J connectivity index is 2.00. The highest BCUT2D eigenvalue weighted by molar-refractivity contribution is 5.95. The van der Waals surface area contributed by atoms with Crippen LogP contribution in [0.25, 0.3) is 0 Å². The van der Waals surface area contributed by atoms with Crippen LogP contribution in [0.1, 0.15) is 33.3 Å². The summed E-state index contributed by atoms with van der Waals surface area (Å²) >= 11 is 0. The number of carbonyl (C=O) groups is 1. The summed E-state index contributed by atoms with van der Waals surface area (Å²) in [6.07, 6.45) is 1.16. The molecule has 1 aromatic carbocycles. The molecular weight excluding hydrogens is 252 g/mol. The van der Waals surface area contributed by atoms with Crippen molar-refractivity contribution < 1.29 is 9.90 Å². The number of hydrogen-bond donors (Lipinski definition) is 2. The van der Waals surface area contributed by atoms with Gasteiger partial charge in [-0.3, -0.25) is 4.79 Å². The summed E-state index contributed by atoms with van der Waals surface area (Å²) < 4.78 is 1.84. The van der Waals surface area contributed by atoms with Crippen LogP contribution in [0, 0.1) is 13.8 Å². The molecule has 1 aromatic heterocycles. The van der Waals surface area contributed by atoms with Gasteiger partial charge in [-0.25, -0.2) is 0 Å². The number of aryl methyl sites for hydroxylation is 3. The van der Waals surface area contributed by atoms with E-state index < -0.39 is 6.10 Å². The summed E-state index contributed by atoms with van der Waals surface area (Å²) in [5.74, 6) is -0.157. The number of carbonyl (C=O) groups excluding carboxylic acids is 1. The predicted molar refractivity (Wildman–Crippen MR) is 78.6 cm³/mol. The maximum Gasteiger partial charge on any atom is 0.251 e. The van der Waals surface area contributed by atoms with Crippen LogP contribution in [0.3, 0.4) is 0 Å². The molecule has 0 aliphatic carbocycles. The Kier molecular flexibility index (Phi) is 4.25. The third kappa shape index (κ3) is 3.08. The molecule has 1 atom stereocenters. The van der Waals surface area contributed by atoms with Crippen molar-refractivity contribution in [2.75, 3.05) is 6.54 Å². The maximum absolute atomic E-state index is 12.1. The molecule has 1 amide bonds. The van der Waals surface area contributed by atoms with Crippen LogP contribution in [0.4, 0.5) is 0 Å². The van der Waals surface area contributed by atoms with Gasteiger partial charge in [0.1, 0.15) is 6.10 Å². The molecule has 0 saturated heterocycles. The van der Waals surface area contributed by atoms with E-state index >= 15 is 0 Å². The Labute approximate surface area is 119 Å². The molecule has 2 aromatic rings. The van der Waals surface area contributed by atoms with Crippen molar-refractivity contribution in [2.24, 2.45) is 7.05 Å². The van der Waals surface area contributed by atoms with Crippen LogP contribution in [0.15, 0.2) is 36.5 Å². The van der Waals surface area contributed by atoms with E-state index in [0.717, 1.165) is 16.8 Å². The number of aromatic nitrogens is 1. The lowest BCUT2D eigenvalue weighted by molar-refractivity contribution is 0.0911. The van der Waals surface area contributed by atoms with Gasteiger partial charge in [0.2, 0.25) is 0 Å². The van der Waals surface area contributed by atoms with E-state index in [-0.39, 0.29) is 12.5 Å². The normalized spacial score (nSPS) is 12.2. The highest BCUT2D eigenvalue weighted by atomic mass is 16.3. The number of amides is 1. The lowest BCUT2D eigenvalue weighted by Crippen LogP contribution is -2.29. The zero-order valence-corrected chi connectivity index (χ0v) is 12.1. The average Bonchev–Trinajstić information content (AvgIpc) is 2.82. The second kappa shape index (κ2) is 5.92. The highest BCUT2D eigenvalue weighted by Crippen LogP contribution is 2.13. The topological polar surface area (TPSA) is 54.3 Å². The van der Waals surface area contributed by atoms with Crippen molar-refractivity contribution >= 4 is 5.91 Å². The first-order valence-electron chi connectivity index (χ1n) is 6.64. The molecular formula is C16H20N2O2. The van der Waals surface area contributed by atoms with E-state index in [1.165, 1.54) is 0 Å². The largest absolute Gasteiger partial charge is 0.385 e. The van der Waals surface area contributed by atoms with Crippen molar-refractivity contribution in [1.82, 2.24) is 9.88 Å². The minimum atomic E-state index is -0.704. The highest BCUT2D eigenvalue weighted by Gasteiger charge is 2.14. The number of benzene rings is 1. The van der Waals surface area contributed by atoms with Crippen molar-refractivity contribution in [2.45, 2.75) is 20.0 Å². The van der Waals surface area contributed by atoms with Gasteiger partial charge in [0, 0.05) is 31.0 Å². The molecule has 4 nitrogen and oxygen atoms in total. The minimum absolute atomic E-state index is 0.157. The predicted octanol–water partition coefficient (Wildman–Crippen LogP) is 2.11. The van der Waals surface area contributed by atoms with Gasteiger partial charge in [0.15, 0.2) is 0 Å². The fourth-order valence-corrected chi connectivity index (χ4v) is 2.28. The van der Waals surface area contributed by atoms with E-state index in [0.29, 0.717) is 5.56 Å². The number of aliphatic hydroxyl groups excluding tert-OH is 1. The Bertz CT molecular complexity index is 617. The van der Waals surface area contributed by atoms with E-state index in [4.69, 9.17) is 0 Å². The van der Waals surface area contributed by atoms with E-state index in [1.807, 2.05) is 62.0 Å². The molecule has 0 saturated carbocycles. The standard InChI is InChI=1S/C16H20N2O2/c1-11-6-7-13(12(2)9-11)16(20)17-10-15(19)14-5-4-8-18(14)3/h4-9,15,19H,10H2,1-3H3,(H,17,20). The first kappa shape index (κ1) is 14.3. The average molecular weight is 272 g/mol. The zero-order valence-electron chi connectivity index (χ0n) is 12.1. The van der Waals surface area contributed by atoms with E-state index in [9.17, 15) is 9.90 Å². The van der Waals surface area contributed by atoms with Gasteiger partial charge in [-0.1, -0.05) is 17.7 Å². The van der Waals surface area contributed by atoms with Crippen LogP contribution < -0.4 is 5.32 Å². The van der Waals surface area contributed by atoms with E-state index in [1.54, 1.807) is 0 Å². The van der Waals surface area contributed by atoms with Crippen LogP contribution in [0.5, 0.6) is 0 Å². The lowest BCUT2D eigenvalue weighted by Gasteiger charge is -2.14. The third-order valence-corrected chi connectivity index (χ3v) is 3.41. The molecule has 0 aliphatic rings. The first-order valence-corrected chi connectivity index (χ1v) is 6.64. The lowest BCUT2D eigenvalue weighted by atomic mass is 10.1. The van der Waals surface area contributed by atoms with Crippen LogP contribution in [0.2, 0.25) is 0 Å². The van der Waals surface area contributed by atoms with Crippen LogP contribution >= 0.6 is 0 Å². The fourth-order valence-electron chi connectivity index (χ4n) is 2.28. The van der Waals surface area contributed by atoms with E-state index in [2.05, 4.69) is 5.32 Å². The van der Waals surface area contributed by atoms with Crippen molar-refractivity contribution in [3.8, 4) is 0 Å². The number of rotatable bonds is 4. The molecule has 106 valence electrons. The third-order valence-electron chi connectivity index (χ3n) is 3.41. The van der Waals surface area contributed by atoms with Crippen molar-refractivity contribution in [3.05, 3.63) is 58.9 Å². The number of hydrogen-bond acceptors (Lipinski definition) is 2. The summed E-state index contributed by atoms with van der Waals surface area (Å²) in [4.78, 5) is 12.1. The van der Waals surface area contributed by atoms with Crippen LogP contribution in [-0.4, -0.2) is 22.1 Å². The van der Waals surface area contributed by atoms with Gasteiger partial charge in [-0.15, -0.1) is 0 Å². The minimum Gasteiger partial charge on any atom is -0.385 e. The summed E-state index contributed by atoms with van der Waals surface area (Å²) in [6.45, 7) is 4.10. The Hall–Kier alpha value is -2.07. The molecule has 2 N–H and O–H groups in total. The van der Waals surface area contributed by atoms with Gasteiger partial charge in [-0.05, 0) is 37.6 Å². The SMILES string of the molecule is Cc1ccc(C(=O)NCC(O)c2cccn2C)c(C)c1. The maximum atomic E-state index is 12.1. The van der Waals surface area contributed by atoms with Crippen molar-refractivity contribution in [3.63, 3.8) is 0 Å². The molecule has 4 heteroatoms. The van der Waals surface area contributed by atoms with Gasteiger partial charge in [0.25, 0.3) is 5.91 Å². The fraction of sp³-hybridized carbons (Fsp3) is 0.312.